The summed E-state index contributed by atoms with van der Waals surface area (Å²) in [5.41, 5.74) is 6.46. The standard InChI is InChI=1S/C26H24N2O/c1-17(2)19-12-14-21(15-13-19)27-26(29)23-16-25(20-10-8-18(3)9-11-20)28-24-7-5-4-6-22(23)24/h4-17H,1-3H3,(H,27,29). The van der Waals surface area contributed by atoms with Crippen LogP contribution < -0.4 is 5.32 Å². The molecule has 3 aromatic carbocycles. The Morgan fingerprint density at radius 3 is 2.28 bits per heavy atom. The quantitative estimate of drug-likeness (QED) is 0.434. The molecule has 3 nitrogen and oxygen atoms in total. The molecule has 0 bridgehead atoms. The molecular weight excluding hydrogens is 356 g/mol. The minimum absolute atomic E-state index is 0.130. The number of pyridine rings is 1. The highest BCUT2D eigenvalue weighted by molar-refractivity contribution is 6.13. The van der Waals surface area contributed by atoms with Gasteiger partial charge in [0.2, 0.25) is 0 Å². The van der Waals surface area contributed by atoms with E-state index in [0.29, 0.717) is 11.5 Å². The molecule has 0 aliphatic heterocycles. The third-order valence-corrected chi connectivity index (χ3v) is 5.14. The van der Waals surface area contributed by atoms with E-state index in [1.54, 1.807) is 0 Å². The van der Waals surface area contributed by atoms with E-state index in [1.165, 1.54) is 11.1 Å². The van der Waals surface area contributed by atoms with Crippen molar-refractivity contribution in [1.29, 1.82) is 0 Å². The predicted molar refractivity (Wildman–Crippen MR) is 120 cm³/mol. The van der Waals surface area contributed by atoms with Gasteiger partial charge >= 0.3 is 0 Å². The van der Waals surface area contributed by atoms with E-state index < -0.39 is 0 Å². The van der Waals surface area contributed by atoms with Gasteiger partial charge in [-0.2, -0.15) is 0 Å². The van der Waals surface area contributed by atoms with Crippen molar-refractivity contribution in [2.45, 2.75) is 26.7 Å². The smallest absolute Gasteiger partial charge is 0.256 e. The summed E-state index contributed by atoms with van der Waals surface area (Å²) in [6.07, 6.45) is 0. The van der Waals surface area contributed by atoms with Crippen LogP contribution in [0.15, 0.2) is 78.9 Å². The average molecular weight is 380 g/mol. The molecule has 144 valence electrons. The third kappa shape index (κ3) is 4.04. The van der Waals surface area contributed by atoms with E-state index in [-0.39, 0.29) is 5.91 Å². The second kappa shape index (κ2) is 7.88. The molecule has 0 atom stereocenters. The van der Waals surface area contributed by atoms with Crippen molar-refractivity contribution >= 4 is 22.5 Å². The summed E-state index contributed by atoms with van der Waals surface area (Å²) in [6.45, 7) is 6.37. The number of benzene rings is 3. The zero-order chi connectivity index (χ0) is 20.4. The van der Waals surface area contributed by atoms with Crippen LogP contribution in [-0.4, -0.2) is 10.9 Å². The Morgan fingerprint density at radius 2 is 1.59 bits per heavy atom. The number of rotatable bonds is 4. The van der Waals surface area contributed by atoms with Gasteiger partial charge in [-0.15, -0.1) is 0 Å². The average Bonchev–Trinajstić information content (AvgIpc) is 2.74. The van der Waals surface area contributed by atoms with Crippen molar-refractivity contribution in [3.05, 3.63) is 95.6 Å². The molecule has 0 saturated heterocycles. The van der Waals surface area contributed by atoms with Gasteiger partial charge in [0.1, 0.15) is 0 Å². The Bertz CT molecular complexity index is 1160. The van der Waals surface area contributed by atoms with Gasteiger partial charge in [0, 0.05) is 16.6 Å². The Balaban J connectivity index is 1.73. The molecule has 0 aliphatic carbocycles. The number of aromatic nitrogens is 1. The summed E-state index contributed by atoms with van der Waals surface area (Å²) in [4.78, 5) is 17.9. The topological polar surface area (TPSA) is 42.0 Å². The van der Waals surface area contributed by atoms with Crippen LogP contribution in [0.2, 0.25) is 0 Å². The normalized spacial score (nSPS) is 11.0. The minimum atomic E-state index is -0.130. The Hall–Kier alpha value is -3.46. The van der Waals surface area contributed by atoms with E-state index in [2.05, 4.69) is 50.4 Å². The number of aryl methyl sites for hydroxylation is 1. The maximum Gasteiger partial charge on any atom is 0.256 e. The lowest BCUT2D eigenvalue weighted by Crippen LogP contribution is -2.13. The van der Waals surface area contributed by atoms with Crippen LogP contribution in [0.3, 0.4) is 0 Å². The first kappa shape index (κ1) is 18.9. The lowest BCUT2D eigenvalue weighted by Gasteiger charge is -2.12. The van der Waals surface area contributed by atoms with Crippen LogP contribution in [0.4, 0.5) is 5.69 Å². The molecule has 0 radical (unpaired) electrons. The SMILES string of the molecule is Cc1ccc(-c2cc(C(=O)Nc3ccc(C(C)C)cc3)c3ccccc3n2)cc1. The Morgan fingerprint density at radius 1 is 0.897 bits per heavy atom. The predicted octanol–water partition coefficient (Wildman–Crippen LogP) is 6.59. The maximum atomic E-state index is 13.1. The molecule has 1 heterocycles. The van der Waals surface area contributed by atoms with E-state index in [1.807, 2.05) is 54.6 Å². The van der Waals surface area contributed by atoms with Gasteiger partial charge in [-0.1, -0.05) is 74.0 Å². The van der Waals surface area contributed by atoms with Crippen LogP contribution in [0.5, 0.6) is 0 Å². The van der Waals surface area contributed by atoms with Crippen LogP contribution in [0.1, 0.15) is 41.3 Å². The lowest BCUT2D eigenvalue weighted by atomic mass is 10.0. The molecule has 0 unspecified atom stereocenters. The maximum absolute atomic E-state index is 13.1. The van der Waals surface area contributed by atoms with E-state index in [0.717, 1.165) is 27.8 Å². The fraction of sp³-hybridized carbons (Fsp3) is 0.154. The van der Waals surface area contributed by atoms with Crippen LogP contribution >= 0.6 is 0 Å². The van der Waals surface area contributed by atoms with Crippen molar-refractivity contribution in [3.63, 3.8) is 0 Å². The Kier molecular flexibility index (Phi) is 5.13. The monoisotopic (exact) mass is 380 g/mol. The van der Waals surface area contributed by atoms with Gasteiger partial charge in [-0.05, 0) is 42.7 Å². The number of nitrogens with zero attached hydrogens (tertiary/aromatic N) is 1. The Labute approximate surface area is 171 Å². The number of amides is 1. The number of hydrogen-bond donors (Lipinski definition) is 1. The van der Waals surface area contributed by atoms with Crippen molar-refractivity contribution in [1.82, 2.24) is 4.98 Å². The highest BCUT2D eigenvalue weighted by atomic mass is 16.1. The molecule has 0 aliphatic rings. The van der Waals surface area contributed by atoms with Crippen molar-refractivity contribution < 1.29 is 4.79 Å². The van der Waals surface area contributed by atoms with Crippen LogP contribution in [-0.2, 0) is 0 Å². The summed E-state index contributed by atoms with van der Waals surface area (Å²) in [5.74, 6) is 0.329. The number of hydrogen-bond acceptors (Lipinski definition) is 2. The first-order valence-corrected chi connectivity index (χ1v) is 9.89. The number of carbonyl (C=O) groups excluding carboxylic acids is 1. The molecular formula is C26H24N2O. The van der Waals surface area contributed by atoms with Gasteiger partial charge in [0.25, 0.3) is 5.91 Å². The largest absolute Gasteiger partial charge is 0.322 e. The number of nitrogens with one attached hydrogen (secondary N) is 1. The zero-order valence-electron chi connectivity index (χ0n) is 16.9. The highest BCUT2D eigenvalue weighted by Gasteiger charge is 2.14. The minimum Gasteiger partial charge on any atom is -0.322 e. The zero-order valence-corrected chi connectivity index (χ0v) is 16.9. The molecule has 1 aromatic heterocycles. The number of carbonyl (C=O) groups is 1. The van der Waals surface area contributed by atoms with Gasteiger partial charge in [0.05, 0.1) is 16.8 Å². The first-order chi connectivity index (χ1) is 14.0. The van der Waals surface area contributed by atoms with Crippen molar-refractivity contribution in [3.8, 4) is 11.3 Å². The van der Waals surface area contributed by atoms with Crippen LogP contribution in [0.25, 0.3) is 22.2 Å². The molecule has 3 heteroatoms. The van der Waals surface area contributed by atoms with Crippen molar-refractivity contribution in [2.75, 3.05) is 5.32 Å². The molecule has 4 aromatic rings. The van der Waals surface area contributed by atoms with E-state index >= 15 is 0 Å². The summed E-state index contributed by atoms with van der Waals surface area (Å²) < 4.78 is 0. The summed E-state index contributed by atoms with van der Waals surface area (Å²) >= 11 is 0. The summed E-state index contributed by atoms with van der Waals surface area (Å²) in [6, 6.07) is 25.9. The fourth-order valence-electron chi connectivity index (χ4n) is 3.39. The number of anilines is 1. The number of para-hydroxylation sites is 1. The van der Waals surface area contributed by atoms with Crippen LogP contribution in [0, 0.1) is 6.92 Å². The van der Waals surface area contributed by atoms with Gasteiger partial charge < -0.3 is 5.32 Å². The fourth-order valence-corrected chi connectivity index (χ4v) is 3.39. The second-order valence-electron chi connectivity index (χ2n) is 7.67. The third-order valence-electron chi connectivity index (χ3n) is 5.14. The van der Waals surface area contributed by atoms with Gasteiger partial charge in [-0.3, -0.25) is 4.79 Å². The van der Waals surface area contributed by atoms with E-state index in [4.69, 9.17) is 4.98 Å². The molecule has 0 spiro atoms. The first-order valence-electron chi connectivity index (χ1n) is 9.89. The molecule has 0 saturated carbocycles. The number of fused-ring (bicyclic) bond motifs is 1. The lowest BCUT2D eigenvalue weighted by molar-refractivity contribution is 0.102. The summed E-state index contributed by atoms with van der Waals surface area (Å²) in [5, 5.41) is 3.88. The molecule has 4 rings (SSSR count). The van der Waals surface area contributed by atoms with Gasteiger partial charge in [-0.25, -0.2) is 4.98 Å². The molecule has 0 fully saturated rings. The molecule has 29 heavy (non-hydrogen) atoms. The second-order valence-corrected chi connectivity index (χ2v) is 7.67. The van der Waals surface area contributed by atoms with Crippen molar-refractivity contribution in [2.24, 2.45) is 0 Å². The van der Waals surface area contributed by atoms with E-state index in [9.17, 15) is 4.79 Å². The highest BCUT2D eigenvalue weighted by Crippen LogP contribution is 2.26. The summed E-state index contributed by atoms with van der Waals surface area (Å²) in [7, 11) is 0. The molecule has 1 N–H and O–H groups in total. The molecule has 1 amide bonds. The van der Waals surface area contributed by atoms with Gasteiger partial charge in [0.15, 0.2) is 0 Å².